The second-order valence-electron chi connectivity index (χ2n) is 9.88. The van der Waals surface area contributed by atoms with E-state index in [0.717, 1.165) is 16.1 Å². The van der Waals surface area contributed by atoms with Crippen molar-refractivity contribution in [3.8, 4) is 11.3 Å². The predicted octanol–water partition coefficient (Wildman–Crippen LogP) is 8.84. The Labute approximate surface area is 255 Å². The molecule has 1 heterocycles. The average molecular weight is 662 g/mol. The number of alkyl halides is 1. The van der Waals surface area contributed by atoms with Crippen LogP contribution in [0.2, 0.25) is 5.02 Å². The van der Waals surface area contributed by atoms with Gasteiger partial charge >= 0.3 is 5.97 Å². The number of rotatable bonds is 11. The zero-order valence-corrected chi connectivity index (χ0v) is 25.4. The van der Waals surface area contributed by atoms with Gasteiger partial charge in [-0.3, -0.25) is 9.59 Å². The van der Waals surface area contributed by atoms with E-state index in [2.05, 4.69) is 21.2 Å². The second-order valence-corrected chi connectivity index (χ2v) is 11.2. The average Bonchev–Trinajstić information content (AvgIpc) is 2.96. The van der Waals surface area contributed by atoms with Crippen molar-refractivity contribution in [2.75, 3.05) is 6.54 Å². The summed E-state index contributed by atoms with van der Waals surface area (Å²) in [5.74, 6) is -4.50. The van der Waals surface area contributed by atoms with Crippen molar-refractivity contribution in [3.63, 3.8) is 0 Å². The van der Waals surface area contributed by atoms with Crippen LogP contribution in [0.4, 0.5) is 13.2 Å². The Morgan fingerprint density at radius 1 is 1.07 bits per heavy atom. The molecule has 1 amide bonds. The monoisotopic (exact) mass is 660 g/mol. The van der Waals surface area contributed by atoms with Crippen LogP contribution in [0.25, 0.3) is 22.2 Å². The van der Waals surface area contributed by atoms with Crippen molar-refractivity contribution in [2.45, 2.75) is 51.8 Å². The van der Waals surface area contributed by atoms with Crippen molar-refractivity contribution >= 4 is 50.3 Å². The maximum atomic E-state index is 15.0. The van der Waals surface area contributed by atoms with Crippen molar-refractivity contribution in [1.82, 2.24) is 10.3 Å². The molecule has 5 nitrogen and oxygen atoms in total. The van der Waals surface area contributed by atoms with Crippen LogP contribution in [-0.4, -0.2) is 29.8 Å². The molecule has 0 saturated carbocycles. The molecule has 0 radical (unpaired) electrons. The zero-order valence-electron chi connectivity index (χ0n) is 23.0. The molecule has 2 unspecified atom stereocenters. The smallest absolute Gasteiger partial charge is 0.308 e. The molecule has 42 heavy (non-hydrogen) atoms. The van der Waals surface area contributed by atoms with Crippen LogP contribution in [0.3, 0.4) is 0 Å². The van der Waals surface area contributed by atoms with E-state index in [0.29, 0.717) is 34.1 Å². The summed E-state index contributed by atoms with van der Waals surface area (Å²) in [7, 11) is 0. The van der Waals surface area contributed by atoms with Crippen LogP contribution in [0.1, 0.15) is 60.0 Å². The standard InChI is InChI=1S/C32H29BrClF3N2O3/c1-3-7-26(36)42-27(40)15-10-20(29-23(34)12-13-24(35)30(29)37)17-38-32(41)28-18(2)31(19-8-5-4-6-9-19)39-25-14-11-21(33)16-22(25)28/h4-6,8-9,11-14,16,20,26H,3,7,10,15,17H2,1-2H3,(H,38,41). The Balaban J connectivity index is 1.67. The van der Waals surface area contributed by atoms with E-state index in [-0.39, 0.29) is 36.4 Å². The topological polar surface area (TPSA) is 68.3 Å². The number of pyridine rings is 1. The first-order valence-corrected chi connectivity index (χ1v) is 14.7. The van der Waals surface area contributed by atoms with Crippen molar-refractivity contribution in [1.29, 1.82) is 0 Å². The summed E-state index contributed by atoms with van der Waals surface area (Å²) in [5, 5.41) is 3.37. The predicted molar refractivity (Wildman–Crippen MR) is 161 cm³/mol. The normalized spacial score (nSPS) is 12.6. The minimum Gasteiger partial charge on any atom is -0.431 e. The van der Waals surface area contributed by atoms with Crippen LogP contribution >= 0.6 is 27.5 Å². The molecule has 10 heteroatoms. The number of hydrogen-bond acceptors (Lipinski definition) is 4. The number of benzene rings is 3. The maximum Gasteiger partial charge on any atom is 0.308 e. The molecule has 0 aliphatic heterocycles. The minimum atomic E-state index is -1.75. The van der Waals surface area contributed by atoms with E-state index in [1.165, 1.54) is 6.07 Å². The van der Waals surface area contributed by atoms with Crippen LogP contribution in [-0.2, 0) is 9.53 Å². The van der Waals surface area contributed by atoms with Gasteiger partial charge in [0, 0.05) is 51.3 Å². The largest absolute Gasteiger partial charge is 0.431 e. The fourth-order valence-corrected chi connectivity index (χ4v) is 5.51. The van der Waals surface area contributed by atoms with E-state index in [1.807, 2.05) is 36.4 Å². The van der Waals surface area contributed by atoms with E-state index in [1.54, 1.807) is 26.0 Å². The molecule has 1 N–H and O–H groups in total. The van der Waals surface area contributed by atoms with Gasteiger partial charge in [0.05, 0.1) is 16.8 Å². The summed E-state index contributed by atoms with van der Waals surface area (Å²) in [5.41, 5.74) is 2.86. The molecule has 0 saturated heterocycles. The van der Waals surface area contributed by atoms with E-state index in [4.69, 9.17) is 21.3 Å². The van der Waals surface area contributed by atoms with Gasteiger partial charge in [0.25, 0.3) is 5.91 Å². The number of hydrogen-bond donors (Lipinski definition) is 1. The highest BCUT2D eigenvalue weighted by molar-refractivity contribution is 9.10. The Morgan fingerprint density at radius 3 is 2.52 bits per heavy atom. The second kappa shape index (κ2) is 14.2. The molecule has 4 aromatic rings. The third kappa shape index (κ3) is 7.31. The van der Waals surface area contributed by atoms with Gasteiger partial charge in [-0.2, -0.15) is 0 Å². The van der Waals surface area contributed by atoms with Gasteiger partial charge in [0.1, 0.15) is 0 Å². The molecule has 1 aromatic heterocycles. The van der Waals surface area contributed by atoms with Gasteiger partial charge in [-0.1, -0.05) is 64.8 Å². The lowest BCUT2D eigenvalue weighted by Gasteiger charge is -2.21. The van der Waals surface area contributed by atoms with Gasteiger partial charge in [0.15, 0.2) is 11.6 Å². The third-order valence-corrected chi connectivity index (χ3v) is 7.76. The lowest BCUT2D eigenvalue weighted by molar-refractivity contribution is -0.158. The summed E-state index contributed by atoms with van der Waals surface area (Å²) in [6.45, 7) is 3.37. The Bertz CT molecular complexity index is 1600. The molecule has 0 fully saturated rings. The number of ether oxygens (including phenoxy) is 1. The molecule has 2 atom stereocenters. The fourth-order valence-electron chi connectivity index (χ4n) is 4.85. The molecule has 220 valence electrons. The van der Waals surface area contributed by atoms with Crippen LogP contribution < -0.4 is 5.32 Å². The Hall–Kier alpha value is -3.43. The van der Waals surface area contributed by atoms with Gasteiger partial charge in [-0.05, 0) is 55.7 Å². The first-order valence-electron chi connectivity index (χ1n) is 13.5. The lowest BCUT2D eigenvalue weighted by atomic mass is 9.92. The molecule has 0 spiro atoms. The molecule has 4 rings (SSSR count). The number of nitrogens with one attached hydrogen (secondary N) is 1. The van der Waals surface area contributed by atoms with Crippen LogP contribution in [0, 0.1) is 18.6 Å². The van der Waals surface area contributed by atoms with Crippen LogP contribution in [0.5, 0.6) is 0 Å². The summed E-state index contributed by atoms with van der Waals surface area (Å²) in [6, 6.07) is 17.0. The molecule has 3 aromatic carbocycles. The van der Waals surface area contributed by atoms with E-state index < -0.39 is 35.8 Å². The first-order chi connectivity index (χ1) is 20.1. The Kier molecular flexibility index (Phi) is 10.6. The minimum absolute atomic E-state index is 0.0515. The number of halogens is 5. The van der Waals surface area contributed by atoms with Crippen LogP contribution in [0.15, 0.2) is 65.1 Å². The SMILES string of the molecule is CCCC(F)OC(=O)CCC(CNC(=O)c1c(C)c(-c2ccccc2)nc2ccc(Br)cc12)c1c(Cl)ccc(F)c1F. The van der Waals surface area contributed by atoms with E-state index in [9.17, 15) is 22.8 Å². The highest BCUT2D eigenvalue weighted by Crippen LogP contribution is 2.34. The lowest BCUT2D eigenvalue weighted by Crippen LogP contribution is -2.30. The van der Waals surface area contributed by atoms with Gasteiger partial charge in [-0.15, -0.1) is 0 Å². The van der Waals surface area contributed by atoms with Gasteiger partial charge in [0.2, 0.25) is 6.36 Å². The van der Waals surface area contributed by atoms with Gasteiger partial charge in [-0.25, -0.2) is 18.2 Å². The van der Waals surface area contributed by atoms with Crippen molar-refractivity contribution in [3.05, 3.63) is 98.5 Å². The zero-order chi connectivity index (χ0) is 30.4. The maximum absolute atomic E-state index is 15.0. The summed E-state index contributed by atoms with van der Waals surface area (Å²) < 4.78 is 48.6. The Morgan fingerprint density at radius 2 is 1.81 bits per heavy atom. The number of esters is 1. The first kappa shape index (κ1) is 31.5. The fraction of sp³-hybridized carbons (Fsp3) is 0.281. The van der Waals surface area contributed by atoms with Crippen molar-refractivity contribution in [2.24, 2.45) is 0 Å². The summed E-state index contributed by atoms with van der Waals surface area (Å²) in [6.07, 6.45) is -1.58. The number of nitrogens with zero attached hydrogens (tertiary/aromatic N) is 1. The number of carbonyl (C=O) groups excluding carboxylic acids is 2. The summed E-state index contributed by atoms with van der Waals surface area (Å²) >= 11 is 9.73. The molecular weight excluding hydrogens is 633 g/mol. The number of aromatic nitrogens is 1. The molecule has 0 bridgehead atoms. The molecular formula is C32H29BrClF3N2O3. The van der Waals surface area contributed by atoms with Crippen molar-refractivity contribution < 1.29 is 27.5 Å². The number of carbonyl (C=O) groups is 2. The highest BCUT2D eigenvalue weighted by atomic mass is 79.9. The molecule has 0 aliphatic rings. The summed E-state index contributed by atoms with van der Waals surface area (Å²) in [4.78, 5) is 30.9. The third-order valence-electron chi connectivity index (χ3n) is 6.93. The quantitative estimate of drug-likeness (QED) is 0.129. The molecule has 0 aliphatic carbocycles. The van der Waals surface area contributed by atoms with Gasteiger partial charge < -0.3 is 10.1 Å². The highest BCUT2D eigenvalue weighted by Gasteiger charge is 2.26. The van der Waals surface area contributed by atoms with E-state index >= 15 is 0 Å². The number of amides is 1. The number of fused-ring (bicyclic) bond motifs is 1.